The Morgan fingerprint density at radius 3 is 2.38 bits per heavy atom. The summed E-state index contributed by atoms with van der Waals surface area (Å²) in [6.07, 6.45) is 1.17. The van der Waals surface area contributed by atoms with Gasteiger partial charge in [0.2, 0.25) is 17.6 Å². The standard InChI is InChI=1S/C27H27N3O7S2/c1-16-10-17(2)14-28(13-16)27(38)39-23-12-24(32)29(25(23)33)20-8-6-18(7-9-20)26(34)37-15-22(31)19-4-3-5-21(11-19)30(35)36/h3-9,11,16-17,23H,10,12-15H2,1-2H3/t16-,17+,23-/m0/s1. The smallest absolute Gasteiger partial charge is 0.338 e. The van der Waals surface area contributed by atoms with Gasteiger partial charge in [0, 0.05) is 37.2 Å². The molecule has 2 saturated heterocycles. The molecule has 0 N–H and O–H groups in total. The average Bonchev–Trinajstić information content (AvgIpc) is 3.18. The van der Waals surface area contributed by atoms with Gasteiger partial charge in [0.25, 0.3) is 5.69 Å². The molecule has 0 aromatic heterocycles. The number of ketones is 1. The zero-order chi connectivity index (χ0) is 28.3. The number of likely N-dealkylation sites (tertiary alicyclic amines) is 1. The van der Waals surface area contributed by atoms with E-state index in [0.29, 0.717) is 21.8 Å². The summed E-state index contributed by atoms with van der Waals surface area (Å²) < 4.78 is 5.68. The summed E-state index contributed by atoms with van der Waals surface area (Å²) in [7, 11) is 0. The third-order valence-corrected chi connectivity index (χ3v) is 8.21. The maximum absolute atomic E-state index is 13.1. The summed E-state index contributed by atoms with van der Waals surface area (Å²) in [5, 5.41) is 10.3. The maximum Gasteiger partial charge on any atom is 0.338 e. The van der Waals surface area contributed by atoms with Gasteiger partial charge in [-0.25, -0.2) is 9.69 Å². The average molecular weight is 570 g/mol. The monoisotopic (exact) mass is 569 g/mol. The lowest BCUT2D eigenvalue weighted by Crippen LogP contribution is -2.41. The van der Waals surface area contributed by atoms with E-state index in [4.69, 9.17) is 17.0 Å². The Bertz CT molecular complexity index is 1320. The normalized spacial score (nSPS) is 21.1. The molecule has 2 aromatic carbocycles. The van der Waals surface area contributed by atoms with E-state index < -0.39 is 28.5 Å². The molecule has 0 aliphatic carbocycles. The molecule has 3 atom stereocenters. The van der Waals surface area contributed by atoms with Crippen LogP contribution in [-0.2, 0) is 14.3 Å². The number of imide groups is 1. The number of nitrogens with zero attached hydrogens (tertiary/aromatic N) is 3. The highest BCUT2D eigenvalue weighted by Crippen LogP contribution is 2.33. The Morgan fingerprint density at radius 2 is 1.74 bits per heavy atom. The second-order valence-corrected chi connectivity index (χ2v) is 11.7. The van der Waals surface area contributed by atoms with E-state index in [9.17, 15) is 29.3 Å². The van der Waals surface area contributed by atoms with Crippen LogP contribution in [0.1, 0.15) is 47.4 Å². The number of hydrogen-bond donors (Lipinski definition) is 0. The summed E-state index contributed by atoms with van der Waals surface area (Å²) >= 11 is 6.85. The summed E-state index contributed by atoms with van der Waals surface area (Å²) in [5.41, 5.74) is 0.245. The molecule has 2 aromatic rings. The Labute approximate surface area is 234 Å². The van der Waals surface area contributed by atoms with E-state index >= 15 is 0 Å². The quantitative estimate of drug-likeness (QED) is 0.119. The van der Waals surface area contributed by atoms with Crippen LogP contribution >= 0.6 is 24.0 Å². The van der Waals surface area contributed by atoms with Crippen molar-refractivity contribution < 1.29 is 28.8 Å². The number of nitro benzene ring substituents is 1. The molecule has 2 amide bonds. The molecule has 2 heterocycles. The van der Waals surface area contributed by atoms with Crippen LogP contribution in [0.15, 0.2) is 48.5 Å². The van der Waals surface area contributed by atoms with Crippen LogP contribution in [-0.4, -0.2) is 62.7 Å². The number of ether oxygens (including phenoxy) is 1. The van der Waals surface area contributed by atoms with Gasteiger partial charge in [-0.3, -0.25) is 24.5 Å². The fourth-order valence-corrected chi connectivity index (χ4v) is 6.28. The molecule has 2 aliphatic rings. The number of carbonyl (C=O) groups excluding carboxylic acids is 4. The number of amides is 2. The van der Waals surface area contributed by atoms with Crippen LogP contribution in [0.5, 0.6) is 0 Å². The van der Waals surface area contributed by atoms with Crippen molar-refractivity contribution in [2.75, 3.05) is 24.6 Å². The highest BCUT2D eigenvalue weighted by atomic mass is 32.2. The number of non-ortho nitro benzene ring substituents is 1. The van der Waals surface area contributed by atoms with Crippen molar-refractivity contribution in [1.82, 2.24) is 4.90 Å². The minimum atomic E-state index is -0.789. The fraction of sp³-hybridized carbons (Fsp3) is 0.370. The molecule has 2 aliphatic heterocycles. The van der Waals surface area contributed by atoms with E-state index in [1.807, 2.05) is 0 Å². The van der Waals surface area contributed by atoms with Crippen molar-refractivity contribution in [2.24, 2.45) is 11.8 Å². The first-order chi connectivity index (χ1) is 18.5. The highest BCUT2D eigenvalue weighted by Gasteiger charge is 2.41. The summed E-state index contributed by atoms with van der Waals surface area (Å²) in [6, 6.07) is 10.9. The first kappa shape index (κ1) is 28.4. The van der Waals surface area contributed by atoms with E-state index in [-0.39, 0.29) is 35.0 Å². The fourth-order valence-electron chi connectivity index (χ4n) is 4.81. The summed E-state index contributed by atoms with van der Waals surface area (Å²) in [6.45, 7) is 5.43. The third kappa shape index (κ3) is 6.69. The molecular weight excluding hydrogens is 542 g/mol. The Balaban J connectivity index is 1.34. The number of rotatable bonds is 7. The Kier molecular flexibility index (Phi) is 8.76. The minimum absolute atomic E-state index is 0.0339. The topological polar surface area (TPSA) is 127 Å². The number of anilines is 1. The van der Waals surface area contributed by atoms with Crippen LogP contribution in [0, 0.1) is 22.0 Å². The first-order valence-electron chi connectivity index (χ1n) is 12.4. The molecule has 4 rings (SSSR count). The lowest BCUT2D eigenvalue weighted by Gasteiger charge is -2.36. The number of benzene rings is 2. The Hall–Kier alpha value is -3.64. The second-order valence-electron chi connectivity index (χ2n) is 9.85. The number of hydrogen-bond acceptors (Lipinski definition) is 9. The number of piperidine rings is 1. The van der Waals surface area contributed by atoms with Gasteiger partial charge >= 0.3 is 5.97 Å². The van der Waals surface area contributed by atoms with Crippen LogP contribution in [0.3, 0.4) is 0 Å². The third-order valence-electron chi connectivity index (χ3n) is 6.55. The van der Waals surface area contributed by atoms with Crippen molar-refractivity contribution in [3.8, 4) is 0 Å². The van der Waals surface area contributed by atoms with E-state index in [2.05, 4.69) is 18.7 Å². The minimum Gasteiger partial charge on any atom is -0.454 e. The van der Waals surface area contributed by atoms with Gasteiger partial charge < -0.3 is 9.64 Å². The van der Waals surface area contributed by atoms with Gasteiger partial charge in [-0.2, -0.15) is 0 Å². The Morgan fingerprint density at radius 1 is 1.08 bits per heavy atom. The van der Waals surface area contributed by atoms with Gasteiger partial charge in [0.15, 0.2) is 6.61 Å². The molecule has 0 radical (unpaired) electrons. The van der Waals surface area contributed by atoms with Crippen LogP contribution in [0.25, 0.3) is 0 Å². The molecule has 10 nitrogen and oxygen atoms in total. The molecule has 0 saturated carbocycles. The lowest BCUT2D eigenvalue weighted by atomic mass is 9.92. The number of carbonyl (C=O) groups is 4. The number of thiocarbonyl (C=S) groups is 1. The summed E-state index contributed by atoms with van der Waals surface area (Å²) in [5.74, 6) is -1.07. The molecule has 0 bridgehead atoms. The van der Waals surface area contributed by atoms with Crippen LogP contribution < -0.4 is 4.90 Å². The molecule has 204 valence electrons. The predicted molar refractivity (Wildman–Crippen MR) is 150 cm³/mol. The molecule has 0 spiro atoms. The SMILES string of the molecule is C[C@@H]1C[C@H](C)CN(C(=S)S[C@H]2CC(=O)N(c3ccc(C(=O)OCC(=O)c4cccc([N+](=O)[O-])c4)cc3)C2=O)C1. The van der Waals surface area contributed by atoms with Crippen molar-refractivity contribution in [1.29, 1.82) is 0 Å². The van der Waals surface area contributed by atoms with Crippen LogP contribution in [0.2, 0.25) is 0 Å². The molecule has 12 heteroatoms. The number of Topliss-reactive ketones (excluding diaryl/α,β-unsaturated/α-hetero) is 1. The van der Waals surface area contributed by atoms with Crippen molar-refractivity contribution in [3.63, 3.8) is 0 Å². The molecule has 0 unspecified atom stereocenters. The van der Waals surface area contributed by atoms with E-state index in [0.717, 1.165) is 30.5 Å². The largest absolute Gasteiger partial charge is 0.454 e. The van der Waals surface area contributed by atoms with Crippen LogP contribution in [0.4, 0.5) is 11.4 Å². The van der Waals surface area contributed by atoms with E-state index in [1.165, 1.54) is 54.2 Å². The van der Waals surface area contributed by atoms with Gasteiger partial charge in [0.05, 0.1) is 16.2 Å². The van der Waals surface area contributed by atoms with E-state index in [1.54, 1.807) is 0 Å². The van der Waals surface area contributed by atoms with Gasteiger partial charge in [0.1, 0.15) is 9.57 Å². The number of esters is 1. The number of thioether (sulfide) groups is 1. The van der Waals surface area contributed by atoms with Crippen molar-refractivity contribution in [2.45, 2.75) is 31.9 Å². The predicted octanol–water partition coefficient (Wildman–Crippen LogP) is 4.26. The van der Waals surface area contributed by atoms with Gasteiger partial charge in [-0.05, 0) is 42.5 Å². The maximum atomic E-state index is 13.1. The second kappa shape index (κ2) is 12.0. The lowest BCUT2D eigenvalue weighted by molar-refractivity contribution is -0.384. The first-order valence-corrected chi connectivity index (χ1v) is 13.7. The molecular formula is C27H27N3O7S2. The molecule has 2 fully saturated rings. The number of nitro groups is 1. The zero-order valence-electron chi connectivity index (χ0n) is 21.4. The summed E-state index contributed by atoms with van der Waals surface area (Å²) in [4.78, 5) is 64.0. The van der Waals surface area contributed by atoms with Gasteiger partial charge in [-0.1, -0.05) is 50.0 Å². The van der Waals surface area contributed by atoms with Crippen molar-refractivity contribution in [3.05, 3.63) is 69.8 Å². The highest BCUT2D eigenvalue weighted by molar-refractivity contribution is 8.23. The zero-order valence-corrected chi connectivity index (χ0v) is 23.0. The van der Waals surface area contributed by atoms with Gasteiger partial charge in [-0.15, -0.1) is 0 Å². The van der Waals surface area contributed by atoms with Crippen molar-refractivity contribution >= 4 is 63.2 Å². The molecule has 39 heavy (non-hydrogen) atoms.